The Morgan fingerprint density at radius 2 is 1.80 bits per heavy atom. The van der Waals surface area contributed by atoms with Gasteiger partial charge in [0.2, 0.25) is 0 Å². The summed E-state index contributed by atoms with van der Waals surface area (Å²) in [6.45, 7) is 11.6. The molecule has 1 N–H and O–H groups in total. The SMILES string of the molecule is C[C@H](CCNC(=O)N1CC(C)(C)OC(C)(C)C1)[S@@](C)=O. The summed E-state index contributed by atoms with van der Waals surface area (Å²) >= 11 is 0. The van der Waals surface area contributed by atoms with Gasteiger partial charge in [-0.05, 0) is 34.1 Å². The Morgan fingerprint density at radius 3 is 2.25 bits per heavy atom. The first kappa shape index (κ1) is 17.4. The first-order valence-corrected chi connectivity index (χ1v) is 8.70. The van der Waals surface area contributed by atoms with Gasteiger partial charge in [0.1, 0.15) is 0 Å². The van der Waals surface area contributed by atoms with Crippen LogP contribution in [0, 0.1) is 0 Å². The van der Waals surface area contributed by atoms with Crippen molar-refractivity contribution in [1.82, 2.24) is 10.2 Å². The third kappa shape index (κ3) is 5.40. The van der Waals surface area contributed by atoms with Gasteiger partial charge in [-0.1, -0.05) is 6.92 Å². The van der Waals surface area contributed by atoms with E-state index < -0.39 is 10.8 Å². The first-order chi connectivity index (χ1) is 9.02. The standard InChI is InChI=1S/C14H28N2O3S/c1-11(20(6)18)7-8-15-12(17)16-9-13(2,3)19-14(4,5)10-16/h11H,7-10H2,1-6H3,(H,15,17)/t11-,20-/m1/s1. The molecule has 2 atom stereocenters. The summed E-state index contributed by atoms with van der Waals surface area (Å²) in [5.74, 6) is 0. The topological polar surface area (TPSA) is 58.6 Å². The van der Waals surface area contributed by atoms with Crippen molar-refractivity contribution in [3.05, 3.63) is 0 Å². The smallest absolute Gasteiger partial charge is 0.317 e. The van der Waals surface area contributed by atoms with E-state index in [1.807, 2.05) is 34.6 Å². The molecule has 0 aromatic carbocycles. The lowest BCUT2D eigenvalue weighted by atomic mass is 9.99. The van der Waals surface area contributed by atoms with Crippen molar-refractivity contribution in [2.45, 2.75) is 57.5 Å². The molecule has 0 unspecified atom stereocenters. The van der Waals surface area contributed by atoms with E-state index in [4.69, 9.17) is 4.74 Å². The number of hydrogen-bond donors (Lipinski definition) is 1. The zero-order valence-electron chi connectivity index (χ0n) is 13.5. The molecule has 118 valence electrons. The first-order valence-electron chi connectivity index (χ1n) is 7.08. The van der Waals surface area contributed by atoms with Crippen LogP contribution in [0.5, 0.6) is 0 Å². The quantitative estimate of drug-likeness (QED) is 0.861. The maximum absolute atomic E-state index is 12.2. The highest BCUT2D eigenvalue weighted by molar-refractivity contribution is 7.84. The maximum atomic E-state index is 12.2. The fourth-order valence-electron chi connectivity index (χ4n) is 2.59. The summed E-state index contributed by atoms with van der Waals surface area (Å²) in [7, 11) is -0.840. The molecule has 1 fully saturated rings. The van der Waals surface area contributed by atoms with Gasteiger partial charge < -0.3 is 15.0 Å². The van der Waals surface area contributed by atoms with E-state index in [-0.39, 0.29) is 22.5 Å². The summed E-state index contributed by atoms with van der Waals surface area (Å²) in [4.78, 5) is 14.0. The number of rotatable bonds is 4. The van der Waals surface area contributed by atoms with Gasteiger partial charge >= 0.3 is 6.03 Å². The molecule has 0 saturated carbocycles. The van der Waals surface area contributed by atoms with Crippen LogP contribution in [0.25, 0.3) is 0 Å². The highest BCUT2D eigenvalue weighted by atomic mass is 32.2. The average molecular weight is 304 g/mol. The zero-order chi connectivity index (χ0) is 15.6. The number of nitrogens with one attached hydrogen (secondary N) is 1. The molecule has 1 saturated heterocycles. The second-order valence-corrected chi connectivity index (χ2v) is 8.61. The third-order valence-electron chi connectivity index (χ3n) is 3.38. The predicted octanol–water partition coefficient (Wildman–Crippen LogP) is 1.74. The van der Waals surface area contributed by atoms with Crippen LogP contribution in [-0.4, -0.2) is 57.5 Å². The number of carbonyl (C=O) groups is 1. The Morgan fingerprint density at radius 1 is 1.30 bits per heavy atom. The van der Waals surface area contributed by atoms with Crippen molar-refractivity contribution in [2.24, 2.45) is 0 Å². The van der Waals surface area contributed by atoms with Crippen molar-refractivity contribution >= 4 is 16.8 Å². The molecule has 0 radical (unpaired) electrons. The van der Waals surface area contributed by atoms with Crippen molar-refractivity contribution < 1.29 is 13.7 Å². The highest BCUT2D eigenvalue weighted by Crippen LogP contribution is 2.27. The Balaban J connectivity index is 2.49. The van der Waals surface area contributed by atoms with Crippen LogP contribution in [0.3, 0.4) is 0 Å². The minimum Gasteiger partial charge on any atom is -0.366 e. The number of ether oxygens (including phenoxy) is 1. The third-order valence-corrected chi connectivity index (χ3v) is 4.75. The molecule has 1 aliphatic rings. The minimum absolute atomic E-state index is 0.0662. The Bertz CT molecular complexity index is 367. The zero-order valence-corrected chi connectivity index (χ0v) is 14.3. The number of urea groups is 1. The van der Waals surface area contributed by atoms with E-state index in [1.54, 1.807) is 11.2 Å². The van der Waals surface area contributed by atoms with Crippen molar-refractivity contribution in [3.8, 4) is 0 Å². The summed E-state index contributed by atoms with van der Waals surface area (Å²) in [6.07, 6.45) is 2.42. The average Bonchev–Trinajstić information content (AvgIpc) is 2.24. The van der Waals surface area contributed by atoms with Gasteiger partial charge in [0.05, 0.1) is 24.3 Å². The molecule has 0 aliphatic carbocycles. The van der Waals surface area contributed by atoms with Crippen LogP contribution in [0.1, 0.15) is 41.0 Å². The van der Waals surface area contributed by atoms with Crippen molar-refractivity contribution in [3.63, 3.8) is 0 Å². The molecule has 5 nitrogen and oxygen atoms in total. The molecular formula is C14H28N2O3S. The molecule has 0 bridgehead atoms. The van der Waals surface area contributed by atoms with Gasteiger partial charge in [-0.2, -0.15) is 0 Å². The van der Waals surface area contributed by atoms with Crippen LogP contribution < -0.4 is 5.32 Å². The Hall–Kier alpha value is -0.620. The van der Waals surface area contributed by atoms with Gasteiger partial charge in [0.25, 0.3) is 0 Å². The van der Waals surface area contributed by atoms with E-state index in [9.17, 15) is 9.00 Å². The molecular weight excluding hydrogens is 276 g/mol. The molecule has 1 heterocycles. The number of amides is 2. The van der Waals surface area contributed by atoms with Gasteiger partial charge in [-0.25, -0.2) is 4.79 Å². The van der Waals surface area contributed by atoms with E-state index in [0.717, 1.165) is 6.42 Å². The molecule has 0 aromatic heterocycles. The van der Waals surface area contributed by atoms with Gasteiger partial charge in [-0.3, -0.25) is 4.21 Å². The monoisotopic (exact) mass is 304 g/mol. The molecule has 20 heavy (non-hydrogen) atoms. The predicted molar refractivity (Wildman–Crippen MR) is 82.4 cm³/mol. The van der Waals surface area contributed by atoms with Crippen molar-refractivity contribution in [1.29, 1.82) is 0 Å². The fourth-order valence-corrected chi connectivity index (χ4v) is 3.04. The van der Waals surface area contributed by atoms with Gasteiger partial charge in [0.15, 0.2) is 0 Å². The van der Waals surface area contributed by atoms with Crippen LogP contribution in [-0.2, 0) is 15.5 Å². The summed E-state index contributed by atoms with van der Waals surface area (Å²) in [5.41, 5.74) is -0.672. The molecule has 1 rings (SSSR count). The maximum Gasteiger partial charge on any atom is 0.317 e. The van der Waals surface area contributed by atoms with Crippen LogP contribution >= 0.6 is 0 Å². The number of hydrogen-bond acceptors (Lipinski definition) is 3. The summed E-state index contributed by atoms with van der Waals surface area (Å²) in [5, 5.41) is 3.02. The largest absolute Gasteiger partial charge is 0.366 e. The molecule has 0 aromatic rings. The van der Waals surface area contributed by atoms with E-state index in [1.165, 1.54) is 0 Å². The Kier molecular flexibility index (Phi) is 5.61. The minimum atomic E-state index is -0.840. The fraction of sp³-hybridized carbons (Fsp3) is 0.929. The second-order valence-electron chi connectivity index (χ2n) is 6.81. The molecule has 2 amide bonds. The van der Waals surface area contributed by atoms with Crippen LogP contribution in [0.2, 0.25) is 0 Å². The second kappa shape index (κ2) is 6.43. The van der Waals surface area contributed by atoms with Gasteiger partial charge in [0, 0.05) is 28.9 Å². The van der Waals surface area contributed by atoms with E-state index in [0.29, 0.717) is 19.6 Å². The Labute approximate surface area is 124 Å². The number of nitrogens with zero attached hydrogens (tertiary/aromatic N) is 1. The lowest BCUT2D eigenvalue weighted by Gasteiger charge is -2.47. The number of carbonyl (C=O) groups excluding carboxylic acids is 1. The summed E-state index contributed by atoms with van der Waals surface area (Å²) in [6, 6.07) is -0.0662. The molecule has 0 spiro atoms. The normalized spacial score (nSPS) is 24.0. The lowest BCUT2D eigenvalue weighted by Crippen LogP contribution is -2.60. The lowest BCUT2D eigenvalue weighted by molar-refractivity contribution is -0.170. The molecule has 6 heteroatoms. The highest BCUT2D eigenvalue weighted by Gasteiger charge is 2.39. The van der Waals surface area contributed by atoms with E-state index >= 15 is 0 Å². The van der Waals surface area contributed by atoms with Crippen LogP contribution in [0.15, 0.2) is 0 Å². The van der Waals surface area contributed by atoms with Crippen molar-refractivity contribution in [2.75, 3.05) is 25.9 Å². The number of morpholine rings is 1. The van der Waals surface area contributed by atoms with E-state index in [2.05, 4.69) is 5.32 Å². The molecule has 1 aliphatic heterocycles. The summed E-state index contributed by atoms with van der Waals surface area (Å²) < 4.78 is 17.2. The van der Waals surface area contributed by atoms with Gasteiger partial charge in [-0.15, -0.1) is 0 Å². The van der Waals surface area contributed by atoms with Crippen LogP contribution in [0.4, 0.5) is 4.79 Å².